The van der Waals surface area contributed by atoms with Crippen LogP contribution in [0.1, 0.15) is 6.42 Å². The van der Waals surface area contributed by atoms with Gasteiger partial charge in [0.1, 0.15) is 18.3 Å². The van der Waals surface area contributed by atoms with Gasteiger partial charge < -0.3 is 30.5 Å². The molecule has 1 amide bonds. The van der Waals surface area contributed by atoms with Crippen LogP contribution in [-0.2, 0) is 4.74 Å². The lowest BCUT2D eigenvalue weighted by Crippen LogP contribution is -2.72. The van der Waals surface area contributed by atoms with Gasteiger partial charge >= 0.3 is 6.09 Å². The summed E-state index contributed by atoms with van der Waals surface area (Å²) in [5, 5.41) is 40.1. The predicted octanol–water partition coefficient (Wildman–Crippen LogP) is -2.69. The van der Waals surface area contributed by atoms with Crippen LogP contribution < -0.4 is 5.32 Å². The number of aliphatic hydroxyl groups is 4. The number of carbonyl (C=O) groups excluding carboxylic acids is 1. The zero-order valence-corrected chi connectivity index (χ0v) is 7.83. The van der Waals surface area contributed by atoms with Crippen LogP contribution in [0.5, 0.6) is 0 Å². The van der Waals surface area contributed by atoms with Crippen molar-refractivity contribution in [1.82, 2.24) is 5.32 Å². The molecular formula is C8H13NO6. The molecule has 86 valence electrons. The lowest BCUT2D eigenvalue weighted by Gasteiger charge is -2.50. The smallest absolute Gasteiger partial charge is 0.408 e. The number of ether oxygens (including phenoxy) is 1. The Morgan fingerprint density at radius 1 is 1.40 bits per heavy atom. The summed E-state index contributed by atoms with van der Waals surface area (Å²) < 4.78 is 4.80. The van der Waals surface area contributed by atoms with Crippen LogP contribution in [0.2, 0.25) is 0 Å². The first kappa shape index (κ1) is 10.6. The standard InChI is InChI=1S/C8H13NO6/c10-2-8-1-3(9-7(14)15-8)4(11)5(12)6(8)13/h3-6,10-13H,1-2H2,(H,9,14)/t3-,4?,5?,6?,8-/m1/s1. The van der Waals surface area contributed by atoms with Crippen molar-refractivity contribution < 1.29 is 30.0 Å². The highest BCUT2D eigenvalue weighted by molar-refractivity contribution is 5.69. The van der Waals surface area contributed by atoms with Gasteiger partial charge in [-0.3, -0.25) is 0 Å². The van der Waals surface area contributed by atoms with Gasteiger partial charge in [-0.1, -0.05) is 0 Å². The average molecular weight is 219 g/mol. The Kier molecular flexibility index (Phi) is 2.34. The first-order valence-corrected chi connectivity index (χ1v) is 4.65. The Morgan fingerprint density at radius 2 is 2.07 bits per heavy atom. The molecule has 0 aromatic heterocycles. The SMILES string of the molecule is O=C1N[C@@H]2C[C@](CO)(O1)C(O)C(O)C2O. The van der Waals surface area contributed by atoms with Gasteiger partial charge in [-0.05, 0) is 0 Å². The molecule has 2 bridgehead atoms. The molecule has 5 atom stereocenters. The molecule has 5 N–H and O–H groups in total. The Labute approximate surface area is 85.3 Å². The fourth-order valence-electron chi connectivity index (χ4n) is 2.14. The second kappa shape index (κ2) is 3.31. The zero-order valence-electron chi connectivity index (χ0n) is 7.83. The summed E-state index contributed by atoms with van der Waals surface area (Å²) in [5.74, 6) is 0. The number of alkyl carbamates (subject to hydrolysis) is 1. The summed E-state index contributed by atoms with van der Waals surface area (Å²) in [7, 11) is 0. The van der Waals surface area contributed by atoms with E-state index in [2.05, 4.69) is 5.32 Å². The Bertz CT molecular complexity index is 284. The molecule has 1 heterocycles. The highest BCUT2D eigenvalue weighted by Gasteiger charge is 2.57. The minimum Gasteiger partial charge on any atom is -0.438 e. The largest absolute Gasteiger partial charge is 0.438 e. The maximum absolute atomic E-state index is 11.1. The van der Waals surface area contributed by atoms with Crippen molar-refractivity contribution in [3.05, 3.63) is 0 Å². The lowest BCUT2D eigenvalue weighted by atomic mass is 9.75. The summed E-state index contributed by atoms with van der Waals surface area (Å²) in [6.07, 6.45) is -4.94. The molecule has 7 nitrogen and oxygen atoms in total. The Morgan fingerprint density at radius 3 is 2.67 bits per heavy atom. The first-order chi connectivity index (χ1) is 7.00. The van der Waals surface area contributed by atoms with E-state index >= 15 is 0 Å². The van der Waals surface area contributed by atoms with Crippen molar-refractivity contribution in [3.63, 3.8) is 0 Å². The van der Waals surface area contributed by atoms with Gasteiger partial charge in [0.05, 0.1) is 12.6 Å². The van der Waals surface area contributed by atoms with E-state index in [1.54, 1.807) is 0 Å². The van der Waals surface area contributed by atoms with Crippen LogP contribution in [0.15, 0.2) is 0 Å². The fourth-order valence-corrected chi connectivity index (χ4v) is 2.14. The molecule has 2 aliphatic rings. The molecule has 0 aromatic carbocycles. The van der Waals surface area contributed by atoms with Crippen LogP contribution in [0, 0.1) is 0 Å². The van der Waals surface area contributed by atoms with E-state index in [4.69, 9.17) is 9.84 Å². The number of hydrogen-bond acceptors (Lipinski definition) is 6. The van der Waals surface area contributed by atoms with E-state index < -0.39 is 42.7 Å². The maximum Gasteiger partial charge on any atom is 0.408 e. The molecule has 1 saturated heterocycles. The summed E-state index contributed by atoms with van der Waals surface area (Å²) >= 11 is 0. The van der Waals surface area contributed by atoms with Gasteiger partial charge in [0.25, 0.3) is 0 Å². The summed E-state index contributed by atoms with van der Waals surface area (Å²) in [6.45, 7) is -0.595. The maximum atomic E-state index is 11.1. The first-order valence-electron chi connectivity index (χ1n) is 4.65. The van der Waals surface area contributed by atoms with Gasteiger partial charge in [0.2, 0.25) is 0 Å². The van der Waals surface area contributed by atoms with Gasteiger partial charge in [-0.25, -0.2) is 4.79 Å². The zero-order chi connectivity index (χ0) is 11.2. The third-order valence-electron chi connectivity index (χ3n) is 3.06. The Hall–Kier alpha value is -0.890. The van der Waals surface area contributed by atoms with Crippen LogP contribution in [0.25, 0.3) is 0 Å². The van der Waals surface area contributed by atoms with Gasteiger partial charge in [-0.2, -0.15) is 0 Å². The van der Waals surface area contributed by atoms with E-state index in [1.165, 1.54) is 0 Å². The Balaban J connectivity index is 2.32. The van der Waals surface area contributed by atoms with E-state index in [0.29, 0.717) is 0 Å². The van der Waals surface area contributed by atoms with Crippen LogP contribution in [0.3, 0.4) is 0 Å². The monoisotopic (exact) mass is 219 g/mol. The quantitative estimate of drug-likeness (QED) is 0.328. The number of nitrogens with one attached hydrogen (secondary N) is 1. The minimum atomic E-state index is -1.51. The number of aliphatic hydroxyl groups excluding tert-OH is 4. The number of rotatable bonds is 1. The van der Waals surface area contributed by atoms with Crippen molar-refractivity contribution >= 4 is 6.09 Å². The van der Waals surface area contributed by atoms with E-state index in [-0.39, 0.29) is 6.42 Å². The number of hydrogen-bond donors (Lipinski definition) is 5. The average Bonchev–Trinajstić information content (AvgIpc) is 2.23. The normalized spacial score (nSPS) is 49.5. The predicted molar refractivity (Wildman–Crippen MR) is 45.9 cm³/mol. The topological polar surface area (TPSA) is 119 Å². The molecule has 0 spiro atoms. The highest BCUT2D eigenvalue weighted by atomic mass is 16.6. The molecule has 1 saturated carbocycles. The molecule has 0 aromatic rings. The summed E-state index contributed by atoms with van der Waals surface area (Å²) in [5.41, 5.74) is -1.51. The van der Waals surface area contributed by atoms with Gasteiger partial charge in [0.15, 0.2) is 5.60 Å². The second-order valence-electron chi connectivity index (χ2n) is 3.99. The van der Waals surface area contributed by atoms with E-state index in [0.717, 1.165) is 0 Å². The highest BCUT2D eigenvalue weighted by Crippen LogP contribution is 2.35. The van der Waals surface area contributed by atoms with Crippen molar-refractivity contribution in [2.24, 2.45) is 0 Å². The van der Waals surface area contributed by atoms with Crippen LogP contribution >= 0.6 is 0 Å². The molecular weight excluding hydrogens is 206 g/mol. The van der Waals surface area contributed by atoms with Gasteiger partial charge in [-0.15, -0.1) is 0 Å². The second-order valence-corrected chi connectivity index (χ2v) is 3.99. The number of fused-ring (bicyclic) bond motifs is 2. The van der Waals surface area contributed by atoms with Crippen molar-refractivity contribution in [3.8, 4) is 0 Å². The van der Waals surface area contributed by atoms with Crippen molar-refractivity contribution in [2.45, 2.75) is 36.4 Å². The summed E-state index contributed by atoms with van der Waals surface area (Å²) in [6, 6.07) is -0.711. The van der Waals surface area contributed by atoms with Crippen molar-refractivity contribution in [2.75, 3.05) is 6.61 Å². The molecule has 0 radical (unpaired) electrons. The molecule has 15 heavy (non-hydrogen) atoms. The molecule has 2 rings (SSSR count). The van der Waals surface area contributed by atoms with Crippen LogP contribution in [0.4, 0.5) is 4.79 Å². The van der Waals surface area contributed by atoms with Crippen LogP contribution in [-0.4, -0.2) is 63.1 Å². The number of carbonyl (C=O) groups is 1. The van der Waals surface area contributed by atoms with Gasteiger partial charge in [0, 0.05) is 6.42 Å². The molecule has 7 heteroatoms. The lowest BCUT2D eigenvalue weighted by molar-refractivity contribution is -0.219. The van der Waals surface area contributed by atoms with E-state index in [9.17, 15) is 20.1 Å². The van der Waals surface area contributed by atoms with E-state index in [1.807, 2.05) is 0 Å². The summed E-state index contributed by atoms with van der Waals surface area (Å²) in [4.78, 5) is 11.1. The third-order valence-corrected chi connectivity index (χ3v) is 3.06. The third kappa shape index (κ3) is 1.39. The molecule has 3 unspecified atom stereocenters. The molecule has 1 aliphatic carbocycles. The minimum absolute atomic E-state index is 0.0641. The molecule has 1 aliphatic heterocycles. The molecule has 2 fully saturated rings. The van der Waals surface area contributed by atoms with Crippen molar-refractivity contribution in [1.29, 1.82) is 0 Å². The fraction of sp³-hybridized carbons (Fsp3) is 0.875. The number of amides is 1.